The van der Waals surface area contributed by atoms with E-state index in [1.807, 2.05) is 36.4 Å². The van der Waals surface area contributed by atoms with Gasteiger partial charge in [-0.05, 0) is 38.8 Å². The van der Waals surface area contributed by atoms with Crippen molar-refractivity contribution in [2.45, 2.75) is 46.6 Å². The van der Waals surface area contributed by atoms with Crippen molar-refractivity contribution in [1.82, 2.24) is 0 Å². The van der Waals surface area contributed by atoms with Gasteiger partial charge < -0.3 is 18.9 Å². The molecule has 1 unspecified atom stereocenters. The molecule has 7 heteroatoms. The normalized spacial score (nSPS) is 13.2. The summed E-state index contributed by atoms with van der Waals surface area (Å²) in [7, 11) is 0. The first-order valence-electron chi connectivity index (χ1n) is 11.5. The van der Waals surface area contributed by atoms with E-state index < -0.39 is 0 Å². The SMILES string of the molecule is C=C(C)C(=O)OCC.C=C(C)C(=O)OCC1CO1.C=C(C=Cc1ccccc1)C(=O)OCCCC. The lowest BCUT2D eigenvalue weighted by molar-refractivity contribution is -0.140. The van der Waals surface area contributed by atoms with Gasteiger partial charge >= 0.3 is 17.9 Å². The van der Waals surface area contributed by atoms with Crippen molar-refractivity contribution < 1.29 is 33.3 Å². The summed E-state index contributed by atoms with van der Waals surface area (Å²) >= 11 is 0. The molecule has 1 atom stereocenters. The molecule has 1 aliphatic heterocycles. The zero-order valence-corrected chi connectivity index (χ0v) is 21.3. The van der Waals surface area contributed by atoms with Crippen LogP contribution in [0.15, 0.2) is 72.9 Å². The highest BCUT2D eigenvalue weighted by molar-refractivity contribution is 5.92. The van der Waals surface area contributed by atoms with Gasteiger partial charge in [-0.1, -0.05) is 69.5 Å². The van der Waals surface area contributed by atoms with Gasteiger partial charge in [-0.15, -0.1) is 0 Å². The standard InChI is InChI=1S/C15H18O2.C7H10O3.C6H10O2/c1-3-4-12-17-15(16)13(2)10-11-14-8-6-5-7-9-14;1-5(2)7(8)10-4-6-3-9-6;1-4-8-6(7)5(2)3/h5-11H,2-4,12H2,1H3;6H,1,3-4H2,2H3;2,4H2,1,3H3. The average Bonchev–Trinajstić information content (AvgIpc) is 3.67. The van der Waals surface area contributed by atoms with Gasteiger partial charge in [0, 0.05) is 11.1 Å². The van der Waals surface area contributed by atoms with Gasteiger partial charge in [0.1, 0.15) is 12.7 Å². The molecule has 0 N–H and O–H groups in total. The van der Waals surface area contributed by atoms with Crippen molar-refractivity contribution in [2.75, 3.05) is 26.4 Å². The van der Waals surface area contributed by atoms with Gasteiger partial charge in [-0.25, -0.2) is 14.4 Å². The van der Waals surface area contributed by atoms with Crippen molar-refractivity contribution in [1.29, 1.82) is 0 Å². The Bertz CT molecular complexity index is 865. The summed E-state index contributed by atoms with van der Waals surface area (Å²) in [5.41, 5.74) is 2.30. The lowest BCUT2D eigenvalue weighted by atomic mass is 10.2. The fourth-order valence-electron chi connectivity index (χ4n) is 1.94. The molecule has 1 fully saturated rings. The molecule has 0 aliphatic carbocycles. The number of benzene rings is 1. The summed E-state index contributed by atoms with van der Waals surface area (Å²) in [6.45, 7) is 19.6. The predicted octanol–water partition coefficient (Wildman–Crippen LogP) is 5.23. The van der Waals surface area contributed by atoms with Crippen molar-refractivity contribution >= 4 is 24.0 Å². The molecule has 0 saturated carbocycles. The minimum atomic E-state index is -0.342. The highest BCUT2D eigenvalue weighted by Gasteiger charge is 2.24. The highest BCUT2D eigenvalue weighted by Crippen LogP contribution is 2.09. The first-order chi connectivity index (χ1) is 16.6. The summed E-state index contributed by atoms with van der Waals surface area (Å²) in [5.74, 6) is -0.992. The maximum Gasteiger partial charge on any atom is 0.337 e. The van der Waals surface area contributed by atoms with E-state index in [1.54, 1.807) is 26.8 Å². The van der Waals surface area contributed by atoms with E-state index in [2.05, 4.69) is 31.4 Å². The first-order valence-corrected chi connectivity index (χ1v) is 11.5. The summed E-state index contributed by atoms with van der Waals surface area (Å²) < 4.78 is 19.2. The van der Waals surface area contributed by atoms with Gasteiger partial charge in [0.25, 0.3) is 0 Å². The van der Waals surface area contributed by atoms with Crippen LogP contribution in [0.2, 0.25) is 0 Å². The van der Waals surface area contributed by atoms with E-state index >= 15 is 0 Å². The second kappa shape index (κ2) is 18.9. The smallest absolute Gasteiger partial charge is 0.337 e. The molecule has 7 nitrogen and oxygen atoms in total. The minimum absolute atomic E-state index is 0.142. The van der Waals surface area contributed by atoms with Crippen LogP contribution in [-0.2, 0) is 33.3 Å². The lowest BCUT2D eigenvalue weighted by Gasteiger charge is -2.02. The molecular formula is C28H38O7. The van der Waals surface area contributed by atoms with Crippen LogP contribution in [-0.4, -0.2) is 50.4 Å². The molecular weight excluding hydrogens is 448 g/mol. The van der Waals surface area contributed by atoms with Crippen LogP contribution < -0.4 is 0 Å². The third kappa shape index (κ3) is 17.7. The largest absolute Gasteiger partial charge is 0.463 e. The second-order valence-electron chi connectivity index (χ2n) is 7.59. The number of esters is 3. The summed E-state index contributed by atoms with van der Waals surface area (Å²) in [6, 6.07) is 9.77. The third-order valence-electron chi connectivity index (χ3n) is 4.04. The molecule has 0 bridgehead atoms. The van der Waals surface area contributed by atoms with Crippen molar-refractivity contribution in [3.8, 4) is 0 Å². The number of hydrogen-bond donors (Lipinski definition) is 0. The Kier molecular flexibility index (Phi) is 17.1. The van der Waals surface area contributed by atoms with Gasteiger partial charge in [-0.2, -0.15) is 0 Å². The van der Waals surface area contributed by atoms with Crippen molar-refractivity contribution in [3.05, 3.63) is 78.4 Å². The van der Waals surface area contributed by atoms with Crippen LogP contribution in [0.4, 0.5) is 0 Å². The molecule has 1 aromatic carbocycles. The van der Waals surface area contributed by atoms with Crippen LogP contribution in [0.3, 0.4) is 0 Å². The van der Waals surface area contributed by atoms with Crippen molar-refractivity contribution in [3.63, 3.8) is 0 Å². The topological polar surface area (TPSA) is 91.4 Å². The van der Waals surface area contributed by atoms with Gasteiger partial charge in [0.15, 0.2) is 0 Å². The van der Waals surface area contributed by atoms with E-state index in [-0.39, 0.29) is 24.0 Å². The van der Waals surface area contributed by atoms with Gasteiger partial charge in [0.05, 0.1) is 25.4 Å². The predicted molar refractivity (Wildman–Crippen MR) is 137 cm³/mol. The molecule has 0 radical (unpaired) electrons. The highest BCUT2D eigenvalue weighted by atomic mass is 16.6. The monoisotopic (exact) mass is 486 g/mol. The molecule has 35 heavy (non-hydrogen) atoms. The lowest BCUT2D eigenvalue weighted by Crippen LogP contribution is -2.09. The zero-order valence-electron chi connectivity index (χ0n) is 21.3. The van der Waals surface area contributed by atoms with Crippen LogP contribution in [0.5, 0.6) is 0 Å². The Balaban J connectivity index is 0.000000545. The summed E-state index contributed by atoms with van der Waals surface area (Å²) in [4.78, 5) is 32.6. The average molecular weight is 487 g/mol. The number of hydrogen-bond acceptors (Lipinski definition) is 7. The third-order valence-corrected chi connectivity index (χ3v) is 4.04. The molecule has 1 aliphatic rings. The molecule has 1 aromatic rings. The van der Waals surface area contributed by atoms with Gasteiger partial charge in [0.2, 0.25) is 0 Å². The van der Waals surface area contributed by atoms with Gasteiger partial charge in [-0.3, -0.25) is 0 Å². The van der Waals surface area contributed by atoms with E-state index in [9.17, 15) is 14.4 Å². The minimum Gasteiger partial charge on any atom is -0.463 e. The first kappa shape index (κ1) is 31.6. The quantitative estimate of drug-likeness (QED) is 0.106. The Hall–Kier alpha value is -3.45. The number of ether oxygens (including phenoxy) is 4. The maximum atomic E-state index is 11.5. The van der Waals surface area contributed by atoms with E-state index in [0.29, 0.717) is 43.1 Å². The Morgan fingerprint density at radius 1 is 0.943 bits per heavy atom. The fraction of sp³-hybridized carbons (Fsp3) is 0.393. The summed E-state index contributed by atoms with van der Waals surface area (Å²) in [6.07, 6.45) is 5.58. The van der Waals surface area contributed by atoms with Crippen LogP contribution in [0, 0.1) is 0 Å². The molecule has 0 amide bonds. The van der Waals surface area contributed by atoms with Crippen molar-refractivity contribution in [2.24, 2.45) is 0 Å². The molecule has 1 saturated heterocycles. The van der Waals surface area contributed by atoms with E-state index in [4.69, 9.17) is 14.2 Å². The summed E-state index contributed by atoms with van der Waals surface area (Å²) in [5, 5.41) is 0. The number of epoxide rings is 1. The Labute approximate surface area is 209 Å². The number of carbonyl (C=O) groups excluding carboxylic acids is 3. The number of rotatable bonds is 11. The molecule has 2 rings (SSSR count). The van der Waals surface area contributed by atoms with Crippen LogP contribution in [0.1, 0.15) is 46.1 Å². The van der Waals surface area contributed by atoms with Crippen LogP contribution >= 0.6 is 0 Å². The Morgan fingerprint density at radius 3 is 1.97 bits per heavy atom. The zero-order chi connectivity index (χ0) is 26.6. The molecule has 192 valence electrons. The van der Waals surface area contributed by atoms with Crippen LogP contribution in [0.25, 0.3) is 6.08 Å². The van der Waals surface area contributed by atoms with E-state index in [0.717, 1.165) is 18.4 Å². The second-order valence-corrected chi connectivity index (χ2v) is 7.59. The fourth-order valence-corrected chi connectivity index (χ4v) is 1.94. The number of unbranched alkanes of at least 4 members (excludes halogenated alkanes) is 1. The molecule has 1 heterocycles. The Morgan fingerprint density at radius 2 is 1.51 bits per heavy atom. The van der Waals surface area contributed by atoms with E-state index in [1.165, 1.54) is 0 Å². The maximum absolute atomic E-state index is 11.5. The number of carbonyl (C=O) groups is 3. The molecule has 0 aromatic heterocycles. The molecule has 0 spiro atoms.